The van der Waals surface area contributed by atoms with Crippen molar-refractivity contribution in [3.63, 3.8) is 0 Å². The van der Waals surface area contributed by atoms with Crippen molar-refractivity contribution in [3.05, 3.63) is 35.6 Å². The summed E-state index contributed by atoms with van der Waals surface area (Å²) in [6.45, 7) is 6.83. The third-order valence-corrected chi connectivity index (χ3v) is 4.25. The molecule has 6 heteroatoms. The lowest BCUT2D eigenvalue weighted by Crippen LogP contribution is -2.39. The second kappa shape index (κ2) is 10.9. The lowest BCUT2D eigenvalue weighted by atomic mass is 9.99. The van der Waals surface area contributed by atoms with Gasteiger partial charge >= 0.3 is 0 Å². The standard InChI is InChI=1S/C18H29FN4.HI/c1-4-20-18(21-12-16-6-5-11-22(2)13-16)23(3)14-15-7-9-17(19)10-8-15;/h7-10,16H,4-6,11-14H2,1-3H3,(H,20,21);1H. The summed E-state index contributed by atoms with van der Waals surface area (Å²) in [5.74, 6) is 1.37. The molecule has 4 nitrogen and oxygen atoms in total. The summed E-state index contributed by atoms with van der Waals surface area (Å²) in [5.41, 5.74) is 1.08. The minimum atomic E-state index is -0.196. The van der Waals surface area contributed by atoms with E-state index in [-0.39, 0.29) is 29.8 Å². The van der Waals surface area contributed by atoms with E-state index < -0.39 is 0 Å². The molecule has 1 aliphatic heterocycles. The van der Waals surface area contributed by atoms with Gasteiger partial charge in [0.05, 0.1) is 0 Å². The number of aliphatic imine (C=N–C) groups is 1. The van der Waals surface area contributed by atoms with E-state index >= 15 is 0 Å². The Bertz CT molecular complexity index is 506. The summed E-state index contributed by atoms with van der Waals surface area (Å²) in [6.07, 6.45) is 2.52. The van der Waals surface area contributed by atoms with Crippen molar-refractivity contribution >= 4 is 29.9 Å². The van der Waals surface area contributed by atoms with Crippen LogP contribution >= 0.6 is 24.0 Å². The lowest BCUT2D eigenvalue weighted by Gasteiger charge is -2.29. The number of hydrogen-bond acceptors (Lipinski definition) is 2. The predicted octanol–water partition coefficient (Wildman–Crippen LogP) is 3.18. The summed E-state index contributed by atoms with van der Waals surface area (Å²) < 4.78 is 13.0. The molecule has 1 heterocycles. The van der Waals surface area contributed by atoms with E-state index in [1.807, 2.05) is 19.2 Å². The number of halogens is 2. The molecule has 0 saturated carbocycles. The highest BCUT2D eigenvalue weighted by Gasteiger charge is 2.17. The Balaban J connectivity index is 0.00000288. The fourth-order valence-electron chi connectivity index (χ4n) is 3.05. The highest BCUT2D eigenvalue weighted by Crippen LogP contribution is 2.15. The number of benzene rings is 1. The van der Waals surface area contributed by atoms with E-state index in [9.17, 15) is 4.39 Å². The fourth-order valence-corrected chi connectivity index (χ4v) is 3.05. The van der Waals surface area contributed by atoms with Crippen molar-refractivity contribution in [1.82, 2.24) is 15.1 Å². The summed E-state index contributed by atoms with van der Waals surface area (Å²) in [7, 11) is 4.21. The van der Waals surface area contributed by atoms with Gasteiger partial charge in [-0.2, -0.15) is 0 Å². The highest BCUT2D eigenvalue weighted by atomic mass is 127. The van der Waals surface area contributed by atoms with Gasteiger partial charge < -0.3 is 15.1 Å². The molecule has 1 fully saturated rings. The number of hydrogen-bond donors (Lipinski definition) is 1. The number of nitrogens with one attached hydrogen (secondary N) is 1. The van der Waals surface area contributed by atoms with Crippen LogP contribution in [-0.4, -0.2) is 56.0 Å². The van der Waals surface area contributed by atoms with Crippen LogP contribution in [0.15, 0.2) is 29.3 Å². The fraction of sp³-hybridized carbons (Fsp3) is 0.611. The number of guanidine groups is 1. The van der Waals surface area contributed by atoms with Gasteiger partial charge in [0.15, 0.2) is 5.96 Å². The van der Waals surface area contributed by atoms with Crippen molar-refractivity contribution in [1.29, 1.82) is 0 Å². The van der Waals surface area contributed by atoms with Crippen LogP contribution in [0.5, 0.6) is 0 Å². The van der Waals surface area contributed by atoms with Gasteiger partial charge in [0.25, 0.3) is 0 Å². The van der Waals surface area contributed by atoms with Gasteiger partial charge in [0.2, 0.25) is 0 Å². The van der Waals surface area contributed by atoms with Crippen molar-refractivity contribution in [2.45, 2.75) is 26.3 Å². The molecule has 1 N–H and O–H groups in total. The Morgan fingerprint density at radius 3 is 2.71 bits per heavy atom. The second-order valence-electron chi connectivity index (χ2n) is 6.45. The Labute approximate surface area is 162 Å². The Morgan fingerprint density at radius 1 is 1.38 bits per heavy atom. The number of likely N-dealkylation sites (tertiary alicyclic amines) is 1. The predicted molar refractivity (Wildman–Crippen MR) is 109 cm³/mol. The summed E-state index contributed by atoms with van der Waals surface area (Å²) in [4.78, 5) is 9.30. The maximum atomic E-state index is 13.0. The van der Waals surface area contributed by atoms with Crippen molar-refractivity contribution in [3.8, 4) is 0 Å². The van der Waals surface area contributed by atoms with Crippen LogP contribution in [0.25, 0.3) is 0 Å². The first kappa shape index (κ1) is 21.2. The topological polar surface area (TPSA) is 30.9 Å². The molecule has 2 rings (SSSR count). The first-order chi connectivity index (χ1) is 11.1. The average Bonchev–Trinajstić information content (AvgIpc) is 2.53. The number of piperidine rings is 1. The molecular weight excluding hydrogens is 418 g/mol. The molecule has 1 saturated heterocycles. The first-order valence-electron chi connectivity index (χ1n) is 8.51. The zero-order valence-electron chi connectivity index (χ0n) is 15.0. The summed E-state index contributed by atoms with van der Waals surface area (Å²) in [5, 5.41) is 3.35. The van der Waals surface area contributed by atoms with Crippen LogP contribution in [0, 0.1) is 11.7 Å². The number of nitrogens with zero attached hydrogens (tertiary/aromatic N) is 3. The highest BCUT2D eigenvalue weighted by molar-refractivity contribution is 14.0. The molecule has 1 atom stereocenters. The van der Waals surface area contributed by atoms with Crippen LogP contribution in [0.1, 0.15) is 25.3 Å². The van der Waals surface area contributed by atoms with E-state index in [1.165, 1.54) is 31.5 Å². The summed E-state index contributed by atoms with van der Waals surface area (Å²) >= 11 is 0. The molecule has 136 valence electrons. The maximum absolute atomic E-state index is 13.0. The molecular formula is C18H30FIN4. The molecule has 0 radical (unpaired) electrons. The van der Waals surface area contributed by atoms with Gasteiger partial charge in [-0.1, -0.05) is 12.1 Å². The van der Waals surface area contributed by atoms with Gasteiger partial charge in [0, 0.05) is 33.2 Å². The average molecular weight is 448 g/mol. The van der Waals surface area contributed by atoms with E-state index in [0.29, 0.717) is 5.92 Å². The minimum Gasteiger partial charge on any atom is -0.357 e. The van der Waals surface area contributed by atoms with Crippen LogP contribution in [0.2, 0.25) is 0 Å². The molecule has 24 heavy (non-hydrogen) atoms. The normalized spacial score (nSPS) is 18.8. The van der Waals surface area contributed by atoms with E-state index in [1.54, 1.807) is 0 Å². The van der Waals surface area contributed by atoms with Gasteiger partial charge in [-0.3, -0.25) is 4.99 Å². The van der Waals surface area contributed by atoms with E-state index in [0.717, 1.165) is 37.7 Å². The molecule has 1 aromatic rings. The van der Waals surface area contributed by atoms with Crippen LogP contribution < -0.4 is 5.32 Å². The van der Waals surface area contributed by atoms with Crippen LogP contribution in [0.4, 0.5) is 4.39 Å². The van der Waals surface area contributed by atoms with Crippen molar-refractivity contribution in [2.75, 3.05) is 40.3 Å². The maximum Gasteiger partial charge on any atom is 0.193 e. The lowest BCUT2D eigenvalue weighted by molar-refractivity contribution is 0.214. The van der Waals surface area contributed by atoms with Crippen molar-refractivity contribution in [2.24, 2.45) is 10.9 Å². The minimum absolute atomic E-state index is 0. The largest absolute Gasteiger partial charge is 0.357 e. The molecule has 0 aromatic heterocycles. The van der Waals surface area contributed by atoms with E-state index in [4.69, 9.17) is 4.99 Å². The van der Waals surface area contributed by atoms with Crippen molar-refractivity contribution < 1.29 is 4.39 Å². The molecule has 1 unspecified atom stereocenters. The van der Waals surface area contributed by atoms with Crippen LogP contribution in [0.3, 0.4) is 0 Å². The van der Waals surface area contributed by atoms with Crippen LogP contribution in [-0.2, 0) is 6.54 Å². The molecule has 0 aliphatic carbocycles. The monoisotopic (exact) mass is 448 g/mol. The zero-order valence-corrected chi connectivity index (χ0v) is 17.3. The molecule has 0 bridgehead atoms. The van der Waals surface area contributed by atoms with Gasteiger partial charge in [0.1, 0.15) is 5.82 Å². The SMILES string of the molecule is CCNC(=NCC1CCCN(C)C1)N(C)Cc1ccc(F)cc1.I. The Hall–Kier alpha value is -0.890. The first-order valence-corrected chi connectivity index (χ1v) is 8.51. The molecule has 1 aliphatic rings. The smallest absolute Gasteiger partial charge is 0.193 e. The second-order valence-corrected chi connectivity index (χ2v) is 6.45. The third-order valence-electron chi connectivity index (χ3n) is 4.25. The number of rotatable bonds is 5. The molecule has 0 amide bonds. The molecule has 0 spiro atoms. The van der Waals surface area contributed by atoms with Gasteiger partial charge in [-0.25, -0.2) is 4.39 Å². The Morgan fingerprint density at radius 2 is 2.08 bits per heavy atom. The van der Waals surface area contributed by atoms with Gasteiger partial charge in [-0.15, -0.1) is 24.0 Å². The summed E-state index contributed by atoms with van der Waals surface area (Å²) in [6, 6.07) is 6.66. The Kier molecular flexibility index (Phi) is 9.58. The zero-order chi connectivity index (χ0) is 16.7. The molecule has 1 aromatic carbocycles. The van der Waals surface area contributed by atoms with E-state index in [2.05, 4.69) is 29.1 Å². The van der Waals surface area contributed by atoms with Gasteiger partial charge in [-0.05, 0) is 57.0 Å². The third kappa shape index (κ3) is 6.93. The quantitative estimate of drug-likeness (QED) is 0.427.